The van der Waals surface area contributed by atoms with Crippen LogP contribution in [0.3, 0.4) is 0 Å². The SMILES string of the molecule is FC1=CC(F)c2cccc(F)c2C1. The largest absolute Gasteiger partial charge is 0.238 e. The van der Waals surface area contributed by atoms with Crippen LogP contribution in [-0.4, -0.2) is 0 Å². The lowest BCUT2D eigenvalue weighted by Crippen LogP contribution is -2.05. The van der Waals surface area contributed by atoms with E-state index in [0.29, 0.717) is 0 Å². The molecule has 0 radical (unpaired) electrons. The number of halogens is 3. The van der Waals surface area contributed by atoms with Gasteiger partial charge in [-0.1, -0.05) is 12.1 Å². The highest BCUT2D eigenvalue weighted by Crippen LogP contribution is 2.32. The predicted molar refractivity (Wildman–Crippen MR) is 43.1 cm³/mol. The molecule has 1 aromatic rings. The Balaban J connectivity index is 2.55. The van der Waals surface area contributed by atoms with E-state index in [1.54, 1.807) is 0 Å². The van der Waals surface area contributed by atoms with Crippen LogP contribution in [0.5, 0.6) is 0 Å². The molecule has 0 saturated carbocycles. The maximum atomic E-state index is 13.1. The summed E-state index contributed by atoms with van der Waals surface area (Å²) in [6.45, 7) is 0. The van der Waals surface area contributed by atoms with Gasteiger partial charge in [0.25, 0.3) is 0 Å². The fourth-order valence-electron chi connectivity index (χ4n) is 1.50. The summed E-state index contributed by atoms with van der Waals surface area (Å²) < 4.78 is 38.9. The van der Waals surface area contributed by atoms with Crippen molar-refractivity contribution in [1.82, 2.24) is 0 Å². The van der Waals surface area contributed by atoms with Crippen molar-refractivity contribution in [2.24, 2.45) is 0 Å². The zero-order chi connectivity index (χ0) is 9.42. The second-order valence-electron chi connectivity index (χ2n) is 3.00. The fourth-order valence-corrected chi connectivity index (χ4v) is 1.50. The van der Waals surface area contributed by atoms with Gasteiger partial charge in [0.15, 0.2) is 0 Å². The third-order valence-electron chi connectivity index (χ3n) is 2.13. The topological polar surface area (TPSA) is 0 Å². The molecule has 0 amide bonds. The lowest BCUT2D eigenvalue weighted by Gasteiger charge is -2.16. The summed E-state index contributed by atoms with van der Waals surface area (Å²) in [4.78, 5) is 0. The zero-order valence-corrected chi connectivity index (χ0v) is 6.73. The minimum absolute atomic E-state index is 0.134. The Bertz CT molecular complexity index is 368. The molecule has 0 N–H and O–H groups in total. The molecule has 0 bridgehead atoms. The van der Waals surface area contributed by atoms with Gasteiger partial charge in [-0.05, 0) is 17.7 Å². The second-order valence-corrected chi connectivity index (χ2v) is 3.00. The Morgan fingerprint density at radius 2 is 2.00 bits per heavy atom. The quantitative estimate of drug-likeness (QED) is 0.580. The predicted octanol–water partition coefficient (Wildman–Crippen LogP) is 3.25. The standard InChI is InChI=1S/C10H7F3/c11-6-4-8-7(10(13)5-6)2-1-3-9(8)12/h1-3,5,10H,4H2. The lowest BCUT2D eigenvalue weighted by molar-refractivity contribution is 0.389. The van der Waals surface area contributed by atoms with Gasteiger partial charge in [-0.15, -0.1) is 0 Å². The molecule has 0 nitrogen and oxygen atoms in total. The van der Waals surface area contributed by atoms with Gasteiger partial charge in [0.2, 0.25) is 0 Å². The van der Waals surface area contributed by atoms with Crippen LogP contribution in [0.1, 0.15) is 17.3 Å². The first-order valence-electron chi connectivity index (χ1n) is 3.96. The van der Waals surface area contributed by atoms with Crippen LogP contribution in [-0.2, 0) is 6.42 Å². The van der Waals surface area contributed by atoms with Gasteiger partial charge in [0, 0.05) is 12.0 Å². The Kier molecular flexibility index (Phi) is 1.87. The summed E-state index contributed by atoms with van der Waals surface area (Å²) in [5, 5.41) is 0. The molecule has 13 heavy (non-hydrogen) atoms. The molecule has 68 valence electrons. The van der Waals surface area contributed by atoms with Gasteiger partial charge in [-0.2, -0.15) is 0 Å². The maximum absolute atomic E-state index is 13.1. The molecule has 0 aromatic heterocycles. The van der Waals surface area contributed by atoms with Crippen molar-refractivity contribution >= 4 is 0 Å². The Hall–Kier alpha value is -1.25. The van der Waals surface area contributed by atoms with Crippen molar-refractivity contribution in [1.29, 1.82) is 0 Å². The number of allylic oxidation sites excluding steroid dienone is 2. The highest BCUT2D eigenvalue weighted by Gasteiger charge is 2.21. The second kappa shape index (κ2) is 2.91. The first-order chi connectivity index (χ1) is 6.18. The molecule has 0 heterocycles. The molecular formula is C10H7F3. The van der Waals surface area contributed by atoms with Crippen molar-refractivity contribution < 1.29 is 13.2 Å². The summed E-state index contributed by atoms with van der Waals surface area (Å²) >= 11 is 0. The van der Waals surface area contributed by atoms with Gasteiger partial charge in [-0.3, -0.25) is 0 Å². The van der Waals surface area contributed by atoms with E-state index in [4.69, 9.17) is 0 Å². The third-order valence-corrected chi connectivity index (χ3v) is 2.13. The molecule has 1 aliphatic rings. The molecule has 1 unspecified atom stereocenters. The minimum atomic E-state index is -1.51. The number of alkyl halides is 1. The molecule has 3 heteroatoms. The van der Waals surface area contributed by atoms with Gasteiger partial charge < -0.3 is 0 Å². The van der Waals surface area contributed by atoms with E-state index in [9.17, 15) is 13.2 Å². The maximum Gasteiger partial charge on any atom is 0.147 e. The molecule has 0 saturated heterocycles. The summed E-state index contributed by atoms with van der Waals surface area (Å²) in [6, 6.07) is 4.12. The minimum Gasteiger partial charge on any atom is -0.238 e. The highest BCUT2D eigenvalue weighted by molar-refractivity contribution is 5.38. The first-order valence-corrected chi connectivity index (χ1v) is 3.96. The van der Waals surface area contributed by atoms with Gasteiger partial charge >= 0.3 is 0 Å². The average Bonchev–Trinajstić information content (AvgIpc) is 2.07. The summed E-state index contributed by atoms with van der Waals surface area (Å²) in [5.41, 5.74) is 0.372. The van der Waals surface area contributed by atoms with Crippen LogP contribution in [0.25, 0.3) is 0 Å². The van der Waals surface area contributed by atoms with Crippen molar-refractivity contribution in [2.45, 2.75) is 12.6 Å². The van der Waals surface area contributed by atoms with Crippen LogP contribution < -0.4 is 0 Å². The summed E-state index contributed by atoms with van der Waals surface area (Å²) in [7, 11) is 0. The normalized spacial score (nSPS) is 20.8. The van der Waals surface area contributed by atoms with Crippen molar-refractivity contribution in [3.8, 4) is 0 Å². The van der Waals surface area contributed by atoms with Gasteiger partial charge in [0.1, 0.15) is 17.8 Å². The highest BCUT2D eigenvalue weighted by atomic mass is 19.1. The number of fused-ring (bicyclic) bond motifs is 1. The molecule has 2 rings (SSSR count). The van der Waals surface area contributed by atoms with Gasteiger partial charge in [-0.25, -0.2) is 13.2 Å². The number of hydrogen-bond donors (Lipinski definition) is 0. The van der Waals surface area contributed by atoms with Crippen molar-refractivity contribution in [2.75, 3.05) is 0 Å². The summed E-state index contributed by atoms with van der Waals surface area (Å²) in [5.74, 6) is -1.14. The Morgan fingerprint density at radius 3 is 2.77 bits per heavy atom. The van der Waals surface area contributed by atoms with E-state index in [0.717, 1.165) is 6.08 Å². The number of hydrogen-bond acceptors (Lipinski definition) is 0. The zero-order valence-electron chi connectivity index (χ0n) is 6.73. The molecule has 1 atom stereocenters. The van der Waals surface area contributed by atoms with Gasteiger partial charge in [0.05, 0.1) is 0 Å². The Morgan fingerprint density at radius 1 is 1.23 bits per heavy atom. The molecule has 1 aliphatic carbocycles. The molecule has 0 spiro atoms. The molecular weight excluding hydrogens is 177 g/mol. The van der Waals surface area contributed by atoms with E-state index in [-0.39, 0.29) is 17.5 Å². The van der Waals surface area contributed by atoms with Crippen LogP contribution >= 0.6 is 0 Å². The molecule has 0 aliphatic heterocycles. The first kappa shape index (κ1) is 8.35. The summed E-state index contributed by atoms with van der Waals surface area (Å²) in [6.07, 6.45) is -0.774. The van der Waals surface area contributed by atoms with Crippen molar-refractivity contribution in [3.05, 3.63) is 47.0 Å². The lowest BCUT2D eigenvalue weighted by atomic mass is 9.94. The average molecular weight is 184 g/mol. The van der Waals surface area contributed by atoms with E-state index < -0.39 is 17.8 Å². The monoisotopic (exact) mass is 184 g/mol. The van der Waals surface area contributed by atoms with E-state index in [2.05, 4.69) is 0 Å². The van der Waals surface area contributed by atoms with E-state index in [1.165, 1.54) is 18.2 Å². The van der Waals surface area contributed by atoms with Crippen LogP contribution in [0.4, 0.5) is 13.2 Å². The Labute approximate surface area is 73.7 Å². The number of rotatable bonds is 0. The van der Waals surface area contributed by atoms with E-state index >= 15 is 0 Å². The fraction of sp³-hybridized carbons (Fsp3) is 0.200. The number of benzene rings is 1. The van der Waals surface area contributed by atoms with Crippen LogP contribution in [0.2, 0.25) is 0 Å². The molecule has 0 fully saturated rings. The van der Waals surface area contributed by atoms with Crippen LogP contribution in [0.15, 0.2) is 30.1 Å². The van der Waals surface area contributed by atoms with E-state index in [1.807, 2.05) is 0 Å². The van der Waals surface area contributed by atoms with Crippen LogP contribution in [0, 0.1) is 5.82 Å². The molecule has 1 aromatic carbocycles. The smallest absolute Gasteiger partial charge is 0.147 e. The third kappa shape index (κ3) is 1.34. The van der Waals surface area contributed by atoms with Crippen molar-refractivity contribution in [3.63, 3.8) is 0 Å².